The molecule has 0 radical (unpaired) electrons. The fourth-order valence-electron chi connectivity index (χ4n) is 1.78. The smallest absolute Gasteiger partial charge is 0.126 e. The van der Waals surface area contributed by atoms with Crippen LogP contribution in [0.5, 0.6) is 5.75 Å². The molecule has 0 aliphatic heterocycles. The van der Waals surface area contributed by atoms with Crippen LogP contribution in [-0.4, -0.2) is 11.1 Å². The molecular formula is C12H17NO. The fraction of sp³-hybridized carbons (Fsp3) is 0.583. The van der Waals surface area contributed by atoms with Crippen molar-refractivity contribution < 1.29 is 4.74 Å². The Morgan fingerprint density at radius 3 is 2.86 bits per heavy atom. The average molecular weight is 191 g/mol. The summed E-state index contributed by atoms with van der Waals surface area (Å²) in [7, 11) is 0. The quantitative estimate of drug-likeness (QED) is 0.733. The molecule has 2 rings (SSSR count). The lowest BCUT2D eigenvalue weighted by Gasteiger charge is -2.27. The van der Waals surface area contributed by atoms with Crippen LogP contribution in [0.1, 0.15) is 37.4 Å². The van der Waals surface area contributed by atoms with Gasteiger partial charge >= 0.3 is 0 Å². The summed E-state index contributed by atoms with van der Waals surface area (Å²) in [5.41, 5.74) is 2.36. The second kappa shape index (κ2) is 3.99. The first-order valence-electron chi connectivity index (χ1n) is 5.42. The highest BCUT2D eigenvalue weighted by atomic mass is 16.5. The number of aromatic nitrogens is 1. The summed E-state index contributed by atoms with van der Waals surface area (Å²) >= 11 is 0. The molecule has 1 saturated carbocycles. The summed E-state index contributed by atoms with van der Waals surface area (Å²) in [5, 5.41) is 0. The normalized spacial score (nSPS) is 16.4. The first kappa shape index (κ1) is 9.50. The largest absolute Gasteiger partial charge is 0.490 e. The summed E-state index contributed by atoms with van der Waals surface area (Å²) in [6.07, 6.45) is 7.04. The molecule has 1 heterocycles. The average Bonchev–Trinajstić information content (AvgIpc) is 2.11. The third-order valence-corrected chi connectivity index (χ3v) is 2.93. The lowest BCUT2D eigenvalue weighted by molar-refractivity contribution is 0.119. The predicted octanol–water partition coefficient (Wildman–Crippen LogP) is 2.88. The Hall–Kier alpha value is -1.05. The number of ether oxygens (including phenoxy) is 1. The molecule has 0 unspecified atom stereocenters. The third-order valence-electron chi connectivity index (χ3n) is 2.93. The second-order valence-electron chi connectivity index (χ2n) is 3.90. The Morgan fingerprint density at radius 1 is 1.50 bits per heavy atom. The zero-order valence-electron chi connectivity index (χ0n) is 8.92. The minimum absolute atomic E-state index is 0.460. The number of rotatable bonds is 3. The van der Waals surface area contributed by atoms with Gasteiger partial charge in [0.15, 0.2) is 0 Å². The first-order valence-corrected chi connectivity index (χ1v) is 5.42. The summed E-state index contributed by atoms with van der Waals surface area (Å²) < 4.78 is 5.91. The van der Waals surface area contributed by atoms with Crippen LogP contribution in [0, 0.1) is 6.92 Å². The van der Waals surface area contributed by atoms with E-state index in [9.17, 15) is 0 Å². The van der Waals surface area contributed by atoms with Crippen molar-refractivity contribution in [1.29, 1.82) is 0 Å². The Bertz CT molecular complexity index is 318. The van der Waals surface area contributed by atoms with Crippen LogP contribution in [-0.2, 0) is 6.42 Å². The van der Waals surface area contributed by atoms with E-state index in [-0.39, 0.29) is 0 Å². The third kappa shape index (κ3) is 1.74. The Morgan fingerprint density at radius 2 is 2.29 bits per heavy atom. The monoisotopic (exact) mass is 191 g/mol. The molecule has 14 heavy (non-hydrogen) atoms. The summed E-state index contributed by atoms with van der Waals surface area (Å²) in [5.74, 6) is 1.05. The maximum atomic E-state index is 5.91. The van der Waals surface area contributed by atoms with Gasteiger partial charge in [0.1, 0.15) is 5.75 Å². The van der Waals surface area contributed by atoms with Gasteiger partial charge in [0, 0.05) is 17.5 Å². The van der Waals surface area contributed by atoms with E-state index in [1.165, 1.54) is 24.8 Å². The van der Waals surface area contributed by atoms with Crippen LogP contribution in [0.3, 0.4) is 0 Å². The van der Waals surface area contributed by atoms with Crippen molar-refractivity contribution in [3.05, 3.63) is 23.5 Å². The Labute approximate surface area is 85.3 Å². The van der Waals surface area contributed by atoms with E-state index in [2.05, 4.69) is 11.9 Å². The number of hydrogen-bond donors (Lipinski definition) is 0. The van der Waals surface area contributed by atoms with Crippen molar-refractivity contribution in [3.63, 3.8) is 0 Å². The van der Waals surface area contributed by atoms with Crippen molar-refractivity contribution in [3.8, 4) is 5.75 Å². The molecule has 1 aliphatic rings. The van der Waals surface area contributed by atoms with Crippen LogP contribution in [0.25, 0.3) is 0 Å². The Kier molecular flexibility index (Phi) is 2.71. The van der Waals surface area contributed by atoms with E-state index in [1.54, 1.807) is 0 Å². The molecule has 2 heteroatoms. The maximum Gasteiger partial charge on any atom is 0.126 e. The van der Waals surface area contributed by atoms with Gasteiger partial charge in [-0.3, -0.25) is 4.98 Å². The topological polar surface area (TPSA) is 22.1 Å². The van der Waals surface area contributed by atoms with Gasteiger partial charge in [0.2, 0.25) is 0 Å². The van der Waals surface area contributed by atoms with Crippen molar-refractivity contribution in [2.24, 2.45) is 0 Å². The summed E-state index contributed by atoms with van der Waals surface area (Å²) in [6.45, 7) is 4.20. The van der Waals surface area contributed by atoms with Crippen LogP contribution >= 0.6 is 0 Å². The molecule has 0 saturated heterocycles. The van der Waals surface area contributed by atoms with Crippen molar-refractivity contribution in [2.45, 2.75) is 45.6 Å². The SMILES string of the molecule is CCc1c(OC2CCC2)ccnc1C. The highest BCUT2D eigenvalue weighted by Crippen LogP contribution is 2.28. The van der Waals surface area contributed by atoms with Crippen molar-refractivity contribution in [1.82, 2.24) is 4.98 Å². The molecule has 0 aromatic carbocycles. The zero-order valence-corrected chi connectivity index (χ0v) is 8.92. The molecule has 0 spiro atoms. The minimum atomic E-state index is 0.460. The van der Waals surface area contributed by atoms with E-state index in [1.807, 2.05) is 19.2 Å². The van der Waals surface area contributed by atoms with Gasteiger partial charge in [-0.15, -0.1) is 0 Å². The molecule has 1 aromatic rings. The van der Waals surface area contributed by atoms with Gasteiger partial charge in [-0.2, -0.15) is 0 Å². The van der Waals surface area contributed by atoms with Crippen LogP contribution in [0.2, 0.25) is 0 Å². The molecular weight excluding hydrogens is 174 g/mol. The zero-order chi connectivity index (χ0) is 9.97. The first-order chi connectivity index (χ1) is 6.81. The molecule has 76 valence electrons. The molecule has 1 aromatic heterocycles. The van der Waals surface area contributed by atoms with E-state index < -0.39 is 0 Å². The lowest BCUT2D eigenvalue weighted by atomic mass is 9.96. The van der Waals surface area contributed by atoms with E-state index in [0.29, 0.717) is 6.10 Å². The van der Waals surface area contributed by atoms with Gasteiger partial charge in [0.05, 0.1) is 6.10 Å². The number of hydrogen-bond acceptors (Lipinski definition) is 2. The van der Waals surface area contributed by atoms with Crippen molar-refractivity contribution in [2.75, 3.05) is 0 Å². The molecule has 0 N–H and O–H groups in total. The molecule has 0 bridgehead atoms. The molecule has 1 fully saturated rings. The Balaban J connectivity index is 2.17. The molecule has 1 aliphatic carbocycles. The van der Waals surface area contributed by atoms with E-state index in [0.717, 1.165) is 17.9 Å². The van der Waals surface area contributed by atoms with Gasteiger partial charge in [-0.1, -0.05) is 6.92 Å². The number of nitrogens with zero attached hydrogens (tertiary/aromatic N) is 1. The standard InChI is InChI=1S/C12H17NO/c1-3-11-9(2)13-8-7-12(11)14-10-5-4-6-10/h7-8,10H,3-6H2,1-2H3. The fourth-order valence-corrected chi connectivity index (χ4v) is 1.78. The second-order valence-corrected chi connectivity index (χ2v) is 3.90. The molecule has 2 nitrogen and oxygen atoms in total. The van der Waals surface area contributed by atoms with Gasteiger partial charge < -0.3 is 4.74 Å². The molecule has 0 atom stereocenters. The summed E-state index contributed by atoms with van der Waals surface area (Å²) in [4.78, 5) is 4.28. The molecule has 0 amide bonds. The highest BCUT2D eigenvalue weighted by Gasteiger charge is 2.20. The van der Waals surface area contributed by atoms with Crippen molar-refractivity contribution >= 4 is 0 Å². The van der Waals surface area contributed by atoms with Crippen LogP contribution < -0.4 is 4.74 Å². The summed E-state index contributed by atoms with van der Waals surface area (Å²) in [6, 6.07) is 1.99. The van der Waals surface area contributed by atoms with Gasteiger partial charge in [-0.25, -0.2) is 0 Å². The predicted molar refractivity (Wildman–Crippen MR) is 56.6 cm³/mol. The maximum absolute atomic E-state index is 5.91. The number of pyridine rings is 1. The lowest BCUT2D eigenvalue weighted by Crippen LogP contribution is -2.25. The van der Waals surface area contributed by atoms with E-state index >= 15 is 0 Å². The van der Waals surface area contributed by atoms with Gasteiger partial charge in [0.25, 0.3) is 0 Å². The number of aryl methyl sites for hydroxylation is 1. The van der Waals surface area contributed by atoms with E-state index in [4.69, 9.17) is 4.74 Å². The van der Waals surface area contributed by atoms with Gasteiger partial charge in [-0.05, 0) is 38.7 Å². The highest BCUT2D eigenvalue weighted by molar-refractivity contribution is 5.35. The van der Waals surface area contributed by atoms with Crippen LogP contribution in [0.4, 0.5) is 0 Å². The minimum Gasteiger partial charge on any atom is -0.490 e. The van der Waals surface area contributed by atoms with Crippen LogP contribution in [0.15, 0.2) is 12.3 Å².